The Morgan fingerprint density at radius 2 is 1.92 bits per heavy atom. The number of carbonyl (C=O) groups excluding carboxylic acids is 1. The maximum Gasteiger partial charge on any atom is 0.244 e. The highest BCUT2D eigenvalue weighted by atomic mass is 19.1. The van der Waals surface area contributed by atoms with E-state index in [-0.39, 0.29) is 11.7 Å². The third-order valence-electron chi connectivity index (χ3n) is 3.42. The second kappa shape index (κ2) is 9.50. The van der Waals surface area contributed by atoms with Crippen molar-refractivity contribution in [3.63, 3.8) is 0 Å². The highest BCUT2D eigenvalue weighted by Crippen LogP contribution is 2.19. The number of halogens is 1. The maximum absolute atomic E-state index is 12.8. The predicted molar refractivity (Wildman–Crippen MR) is 94.4 cm³/mol. The molecule has 126 valence electrons. The van der Waals surface area contributed by atoms with Crippen LogP contribution in [0.5, 0.6) is 5.75 Å². The molecule has 2 rings (SSSR count). The second-order valence-corrected chi connectivity index (χ2v) is 5.39. The summed E-state index contributed by atoms with van der Waals surface area (Å²) in [6.07, 6.45) is 4.84. The van der Waals surface area contributed by atoms with Gasteiger partial charge in [-0.05, 0) is 42.7 Å². The molecule has 2 aromatic rings. The normalized spacial score (nSPS) is 10.8. The van der Waals surface area contributed by atoms with Crippen LogP contribution in [0.25, 0.3) is 6.08 Å². The van der Waals surface area contributed by atoms with Crippen LogP contribution in [-0.4, -0.2) is 19.1 Å². The fourth-order valence-corrected chi connectivity index (χ4v) is 2.17. The van der Waals surface area contributed by atoms with Crippen molar-refractivity contribution in [3.05, 3.63) is 71.6 Å². The van der Waals surface area contributed by atoms with Crippen LogP contribution in [0.1, 0.15) is 24.5 Å². The Bertz CT molecular complexity index is 680. The quantitative estimate of drug-likeness (QED) is 0.745. The van der Waals surface area contributed by atoms with Gasteiger partial charge in [0.25, 0.3) is 0 Å². The number of para-hydroxylation sites is 1. The molecule has 0 unspecified atom stereocenters. The van der Waals surface area contributed by atoms with Crippen LogP contribution >= 0.6 is 0 Å². The van der Waals surface area contributed by atoms with Gasteiger partial charge in [-0.25, -0.2) is 4.39 Å². The van der Waals surface area contributed by atoms with Gasteiger partial charge in [-0.1, -0.05) is 37.3 Å². The van der Waals surface area contributed by atoms with E-state index >= 15 is 0 Å². The number of nitrogens with one attached hydrogen (secondary N) is 1. The lowest BCUT2D eigenvalue weighted by atomic mass is 10.1. The van der Waals surface area contributed by atoms with E-state index in [0.717, 1.165) is 23.3 Å². The lowest BCUT2D eigenvalue weighted by Gasteiger charge is -2.07. The fourth-order valence-electron chi connectivity index (χ4n) is 2.17. The number of carbonyl (C=O) groups is 1. The van der Waals surface area contributed by atoms with Crippen LogP contribution in [-0.2, 0) is 11.2 Å². The Morgan fingerprint density at radius 1 is 1.17 bits per heavy atom. The van der Waals surface area contributed by atoms with Crippen molar-refractivity contribution in [2.24, 2.45) is 0 Å². The molecule has 0 saturated heterocycles. The molecule has 1 amide bonds. The molecule has 0 radical (unpaired) electrons. The van der Waals surface area contributed by atoms with Gasteiger partial charge in [-0.3, -0.25) is 4.79 Å². The Morgan fingerprint density at radius 3 is 2.67 bits per heavy atom. The SMILES string of the molecule is CCCOc1ccccc1/C=C/C(=O)NCCc1ccc(F)cc1. The fraction of sp³-hybridized carbons (Fsp3) is 0.250. The summed E-state index contributed by atoms with van der Waals surface area (Å²) < 4.78 is 18.5. The first-order chi connectivity index (χ1) is 11.7. The molecule has 0 aliphatic carbocycles. The van der Waals surface area contributed by atoms with E-state index in [2.05, 4.69) is 5.32 Å². The topological polar surface area (TPSA) is 38.3 Å². The van der Waals surface area contributed by atoms with Crippen molar-refractivity contribution in [1.29, 1.82) is 0 Å². The molecule has 0 aliphatic heterocycles. The van der Waals surface area contributed by atoms with Crippen molar-refractivity contribution in [3.8, 4) is 5.75 Å². The maximum atomic E-state index is 12.8. The molecule has 0 saturated carbocycles. The molecule has 1 N–H and O–H groups in total. The molecule has 24 heavy (non-hydrogen) atoms. The minimum absolute atomic E-state index is 0.164. The molecule has 4 heteroatoms. The summed E-state index contributed by atoms with van der Waals surface area (Å²) in [5, 5.41) is 2.82. The Hall–Kier alpha value is -2.62. The number of ether oxygens (including phenoxy) is 1. The Kier molecular flexibility index (Phi) is 7.02. The minimum atomic E-state index is -0.255. The van der Waals surface area contributed by atoms with Crippen LogP contribution < -0.4 is 10.1 Å². The van der Waals surface area contributed by atoms with Gasteiger partial charge >= 0.3 is 0 Å². The minimum Gasteiger partial charge on any atom is -0.493 e. The van der Waals surface area contributed by atoms with Gasteiger partial charge in [0.1, 0.15) is 11.6 Å². The van der Waals surface area contributed by atoms with Crippen LogP contribution in [0, 0.1) is 5.82 Å². The number of amides is 1. The molecule has 0 bridgehead atoms. The number of hydrogen-bond acceptors (Lipinski definition) is 2. The molecular weight excluding hydrogens is 305 g/mol. The first-order valence-electron chi connectivity index (χ1n) is 8.11. The Labute approximate surface area is 142 Å². The van der Waals surface area contributed by atoms with E-state index in [1.165, 1.54) is 18.2 Å². The van der Waals surface area contributed by atoms with E-state index in [9.17, 15) is 9.18 Å². The summed E-state index contributed by atoms with van der Waals surface area (Å²) in [7, 11) is 0. The molecule has 0 aliphatic rings. The number of hydrogen-bond donors (Lipinski definition) is 1. The largest absolute Gasteiger partial charge is 0.493 e. The van der Waals surface area contributed by atoms with Gasteiger partial charge in [0.15, 0.2) is 0 Å². The highest BCUT2D eigenvalue weighted by molar-refractivity contribution is 5.92. The predicted octanol–water partition coefficient (Wildman–Crippen LogP) is 3.99. The van der Waals surface area contributed by atoms with Gasteiger partial charge in [-0.2, -0.15) is 0 Å². The first-order valence-corrected chi connectivity index (χ1v) is 8.11. The van der Waals surface area contributed by atoms with E-state index in [4.69, 9.17) is 4.74 Å². The van der Waals surface area contributed by atoms with Crippen molar-refractivity contribution in [1.82, 2.24) is 5.32 Å². The monoisotopic (exact) mass is 327 g/mol. The van der Waals surface area contributed by atoms with E-state index in [0.29, 0.717) is 19.6 Å². The summed E-state index contributed by atoms with van der Waals surface area (Å²) in [6.45, 7) is 3.20. The highest BCUT2D eigenvalue weighted by Gasteiger charge is 2.01. The molecule has 0 aromatic heterocycles. The zero-order chi connectivity index (χ0) is 17.2. The van der Waals surface area contributed by atoms with Crippen molar-refractivity contribution in [2.75, 3.05) is 13.2 Å². The molecule has 0 spiro atoms. The Balaban J connectivity index is 1.83. The van der Waals surface area contributed by atoms with Gasteiger partial charge < -0.3 is 10.1 Å². The van der Waals surface area contributed by atoms with Gasteiger partial charge in [-0.15, -0.1) is 0 Å². The summed E-state index contributed by atoms with van der Waals surface area (Å²) >= 11 is 0. The van der Waals surface area contributed by atoms with Crippen LogP contribution in [0.15, 0.2) is 54.6 Å². The standard InChI is InChI=1S/C20H22FNO2/c1-2-15-24-19-6-4-3-5-17(19)9-12-20(23)22-14-13-16-7-10-18(21)11-8-16/h3-12H,2,13-15H2,1H3,(H,22,23)/b12-9+. The molecule has 0 atom stereocenters. The third-order valence-corrected chi connectivity index (χ3v) is 3.42. The number of rotatable bonds is 8. The number of benzene rings is 2. The molecule has 3 nitrogen and oxygen atoms in total. The van der Waals surface area contributed by atoms with Crippen molar-refractivity contribution < 1.29 is 13.9 Å². The molecule has 0 fully saturated rings. The van der Waals surface area contributed by atoms with Crippen molar-refractivity contribution in [2.45, 2.75) is 19.8 Å². The van der Waals surface area contributed by atoms with Crippen LogP contribution in [0.2, 0.25) is 0 Å². The zero-order valence-corrected chi connectivity index (χ0v) is 13.8. The average molecular weight is 327 g/mol. The van der Waals surface area contributed by atoms with Gasteiger partial charge in [0.2, 0.25) is 5.91 Å². The van der Waals surface area contributed by atoms with Crippen LogP contribution in [0.3, 0.4) is 0 Å². The summed E-state index contributed by atoms with van der Waals surface area (Å²) in [4.78, 5) is 11.9. The van der Waals surface area contributed by atoms with E-state index in [1.54, 1.807) is 18.2 Å². The second-order valence-electron chi connectivity index (χ2n) is 5.39. The van der Waals surface area contributed by atoms with E-state index < -0.39 is 0 Å². The zero-order valence-electron chi connectivity index (χ0n) is 13.8. The van der Waals surface area contributed by atoms with Gasteiger partial charge in [0.05, 0.1) is 6.61 Å². The van der Waals surface area contributed by atoms with Gasteiger partial charge in [0, 0.05) is 18.2 Å². The lowest BCUT2D eigenvalue weighted by molar-refractivity contribution is -0.116. The summed E-state index contributed by atoms with van der Waals surface area (Å²) in [6, 6.07) is 13.9. The summed E-state index contributed by atoms with van der Waals surface area (Å²) in [5.41, 5.74) is 1.86. The van der Waals surface area contributed by atoms with Crippen LogP contribution in [0.4, 0.5) is 4.39 Å². The van der Waals surface area contributed by atoms with Crippen molar-refractivity contribution >= 4 is 12.0 Å². The lowest BCUT2D eigenvalue weighted by Crippen LogP contribution is -2.23. The molecule has 2 aromatic carbocycles. The van der Waals surface area contributed by atoms with E-state index in [1.807, 2.05) is 31.2 Å². The molecule has 0 heterocycles. The molecular formula is C20H22FNO2. The first kappa shape index (κ1) is 17.7. The average Bonchev–Trinajstić information content (AvgIpc) is 2.60. The smallest absolute Gasteiger partial charge is 0.244 e. The summed E-state index contributed by atoms with van der Waals surface area (Å²) in [5.74, 6) is 0.354. The third kappa shape index (κ3) is 5.88.